The second-order valence-electron chi connectivity index (χ2n) is 4.42. The molecule has 0 radical (unpaired) electrons. The van der Waals surface area contributed by atoms with E-state index >= 15 is 0 Å². The van der Waals surface area contributed by atoms with Gasteiger partial charge < -0.3 is 0 Å². The molecule has 0 heterocycles. The topological polar surface area (TPSA) is 84.6 Å². The van der Waals surface area contributed by atoms with Gasteiger partial charge in [-0.25, -0.2) is 5.43 Å². The Morgan fingerprint density at radius 3 is 2.80 bits per heavy atom. The summed E-state index contributed by atoms with van der Waals surface area (Å²) in [5.74, 6) is -0.170. The third-order valence-electron chi connectivity index (χ3n) is 2.78. The molecule has 0 fully saturated rings. The third kappa shape index (κ3) is 5.60. The van der Waals surface area contributed by atoms with Crippen LogP contribution in [0.5, 0.6) is 0 Å². The molecule has 0 aromatic heterocycles. The first kappa shape index (κ1) is 15.8. The molecule has 6 heteroatoms. The minimum Gasteiger partial charge on any atom is -0.273 e. The molecule has 6 nitrogen and oxygen atoms in total. The van der Waals surface area contributed by atoms with E-state index in [4.69, 9.17) is 0 Å². The Hall–Kier alpha value is -2.24. The van der Waals surface area contributed by atoms with Crippen LogP contribution in [0.2, 0.25) is 0 Å². The first-order chi connectivity index (χ1) is 9.65. The largest absolute Gasteiger partial charge is 0.278 e. The van der Waals surface area contributed by atoms with E-state index in [-0.39, 0.29) is 11.6 Å². The molecular weight excluding hydrogens is 258 g/mol. The van der Waals surface area contributed by atoms with Crippen molar-refractivity contribution >= 4 is 17.8 Å². The summed E-state index contributed by atoms with van der Waals surface area (Å²) < 4.78 is 0. The van der Waals surface area contributed by atoms with Crippen molar-refractivity contribution in [2.75, 3.05) is 0 Å². The van der Waals surface area contributed by atoms with Gasteiger partial charge in [-0.3, -0.25) is 14.9 Å². The smallest absolute Gasteiger partial charge is 0.273 e. The molecule has 1 amide bonds. The van der Waals surface area contributed by atoms with E-state index in [0.29, 0.717) is 12.0 Å². The number of nitro groups is 1. The molecule has 108 valence electrons. The van der Waals surface area contributed by atoms with Crippen LogP contribution in [0.1, 0.15) is 44.6 Å². The summed E-state index contributed by atoms with van der Waals surface area (Å²) in [4.78, 5) is 21.8. The highest BCUT2D eigenvalue weighted by Gasteiger charge is 2.09. The predicted octanol–water partition coefficient (Wildman–Crippen LogP) is 3.02. The molecule has 0 saturated carbocycles. The van der Waals surface area contributed by atoms with Crippen molar-refractivity contribution < 1.29 is 9.72 Å². The number of unbranched alkanes of at least 4 members (excludes halogenated alkanes) is 3. The Bertz CT molecular complexity index is 486. The summed E-state index contributed by atoms with van der Waals surface area (Å²) in [6, 6.07) is 6.24. The molecule has 20 heavy (non-hydrogen) atoms. The van der Waals surface area contributed by atoms with Gasteiger partial charge in [0.2, 0.25) is 5.91 Å². The van der Waals surface area contributed by atoms with Gasteiger partial charge in [-0.1, -0.05) is 38.3 Å². The number of nitro benzene ring substituents is 1. The summed E-state index contributed by atoms with van der Waals surface area (Å²) >= 11 is 0. The van der Waals surface area contributed by atoms with E-state index in [1.807, 2.05) is 0 Å². The van der Waals surface area contributed by atoms with Crippen molar-refractivity contribution in [1.29, 1.82) is 0 Å². The van der Waals surface area contributed by atoms with E-state index in [9.17, 15) is 14.9 Å². The van der Waals surface area contributed by atoms with Crippen LogP contribution in [0.4, 0.5) is 5.69 Å². The average molecular weight is 277 g/mol. The van der Waals surface area contributed by atoms with Crippen LogP contribution in [0, 0.1) is 10.1 Å². The number of hydrogen-bond acceptors (Lipinski definition) is 4. The van der Waals surface area contributed by atoms with Crippen molar-refractivity contribution in [2.45, 2.75) is 39.0 Å². The molecule has 1 N–H and O–H groups in total. The summed E-state index contributed by atoms with van der Waals surface area (Å²) in [7, 11) is 0. The minimum absolute atomic E-state index is 0.0338. The minimum atomic E-state index is -0.478. The van der Waals surface area contributed by atoms with Gasteiger partial charge in [0.05, 0.1) is 16.7 Å². The van der Waals surface area contributed by atoms with Gasteiger partial charge >= 0.3 is 0 Å². The van der Waals surface area contributed by atoms with Crippen LogP contribution in [0.25, 0.3) is 0 Å². The van der Waals surface area contributed by atoms with E-state index in [0.717, 1.165) is 25.7 Å². The quantitative estimate of drug-likeness (QED) is 0.343. The maximum atomic E-state index is 11.5. The molecule has 1 aromatic rings. The Balaban J connectivity index is 2.45. The second-order valence-corrected chi connectivity index (χ2v) is 4.42. The maximum Gasteiger partial charge on any atom is 0.278 e. The van der Waals surface area contributed by atoms with Crippen molar-refractivity contribution in [2.24, 2.45) is 5.10 Å². The molecule has 0 atom stereocenters. The molecule has 0 unspecified atom stereocenters. The zero-order valence-corrected chi connectivity index (χ0v) is 11.5. The fraction of sp³-hybridized carbons (Fsp3) is 0.429. The lowest BCUT2D eigenvalue weighted by Crippen LogP contribution is -2.17. The van der Waals surface area contributed by atoms with Crippen molar-refractivity contribution in [3.8, 4) is 0 Å². The molecule has 0 aliphatic heterocycles. The highest BCUT2D eigenvalue weighted by atomic mass is 16.6. The number of rotatable bonds is 8. The highest BCUT2D eigenvalue weighted by molar-refractivity contribution is 5.86. The SMILES string of the molecule is CCCCCCC(=O)N/N=C/c1ccccc1[N+](=O)[O-]. The number of nitrogens with zero attached hydrogens (tertiary/aromatic N) is 2. The number of benzene rings is 1. The molecule has 0 spiro atoms. The summed E-state index contributed by atoms with van der Waals surface area (Å²) in [6.07, 6.45) is 5.82. The van der Waals surface area contributed by atoms with E-state index < -0.39 is 4.92 Å². The third-order valence-corrected chi connectivity index (χ3v) is 2.78. The van der Waals surface area contributed by atoms with Crippen LogP contribution in [-0.4, -0.2) is 17.0 Å². The van der Waals surface area contributed by atoms with Gasteiger partial charge in [-0.15, -0.1) is 0 Å². The fourth-order valence-electron chi connectivity index (χ4n) is 1.71. The second kappa shape index (κ2) is 8.79. The molecule has 1 aromatic carbocycles. The van der Waals surface area contributed by atoms with Gasteiger partial charge in [0.25, 0.3) is 5.69 Å². The number of para-hydroxylation sites is 1. The van der Waals surface area contributed by atoms with Crippen LogP contribution >= 0.6 is 0 Å². The lowest BCUT2D eigenvalue weighted by molar-refractivity contribution is -0.385. The Morgan fingerprint density at radius 2 is 2.10 bits per heavy atom. The number of carbonyl (C=O) groups excluding carboxylic acids is 1. The average Bonchev–Trinajstić information content (AvgIpc) is 2.44. The van der Waals surface area contributed by atoms with Gasteiger partial charge in [0.15, 0.2) is 0 Å². The van der Waals surface area contributed by atoms with Gasteiger partial charge in [-0.2, -0.15) is 5.10 Å². The number of hydrogen-bond donors (Lipinski definition) is 1. The van der Waals surface area contributed by atoms with E-state index in [1.165, 1.54) is 12.3 Å². The lowest BCUT2D eigenvalue weighted by atomic mass is 10.1. The van der Waals surface area contributed by atoms with Crippen LogP contribution in [-0.2, 0) is 4.79 Å². The first-order valence-corrected chi connectivity index (χ1v) is 6.70. The summed E-state index contributed by atoms with van der Waals surface area (Å²) in [6.45, 7) is 2.11. The summed E-state index contributed by atoms with van der Waals surface area (Å²) in [5, 5.41) is 14.5. The van der Waals surface area contributed by atoms with Crippen molar-refractivity contribution in [3.63, 3.8) is 0 Å². The molecule has 0 aliphatic rings. The van der Waals surface area contributed by atoms with Crippen LogP contribution < -0.4 is 5.43 Å². The van der Waals surface area contributed by atoms with Crippen LogP contribution in [0.3, 0.4) is 0 Å². The highest BCUT2D eigenvalue weighted by Crippen LogP contribution is 2.14. The number of nitrogens with one attached hydrogen (secondary N) is 1. The Morgan fingerprint density at radius 1 is 1.35 bits per heavy atom. The normalized spacial score (nSPS) is 10.7. The standard InChI is InChI=1S/C14H19N3O3/c1-2-3-4-5-10-14(18)16-15-11-12-8-6-7-9-13(12)17(19)20/h6-9,11H,2-5,10H2,1H3,(H,16,18)/b15-11+. The molecule has 1 rings (SSSR count). The van der Waals surface area contributed by atoms with Crippen molar-refractivity contribution in [3.05, 3.63) is 39.9 Å². The number of carbonyl (C=O) groups is 1. The zero-order valence-electron chi connectivity index (χ0n) is 11.5. The number of hydrazone groups is 1. The lowest BCUT2D eigenvalue weighted by Gasteiger charge is -2.00. The Labute approximate surface area is 118 Å². The predicted molar refractivity (Wildman–Crippen MR) is 77.6 cm³/mol. The molecular formula is C14H19N3O3. The van der Waals surface area contributed by atoms with E-state index in [2.05, 4.69) is 17.5 Å². The van der Waals surface area contributed by atoms with E-state index in [1.54, 1.807) is 18.2 Å². The zero-order chi connectivity index (χ0) is 14.8. The summed E-state index contributed by atoms with van der Waals surface area (Å²) in [5.41, 5.74) is 2.71. The fourth-order valence-corrected chi connectivity index (χ4v) is 1.71. The van der Waals surface area contributed by atoms with Crippen LogP contribution in [0.15, 0.2) is 29.4 Å². The maximum absolute atomic E-state index is 11.5. The Kier molecular flexibility index (Phi) is 6.95. The molecule has 0 aliphatic carbocycles. The van der Waals surface area contributed by atoms with Gasteiger partial charge in [0, 0.05) is 12.5 Å². The van der Waals surface area contributed by atoms with Gasteiger partial charge in [0.1, 0.15) is 0 Å². The van der Waals surface area contributed by atoms with Gasteiger partial charge in [-0.05, 0) is 12.5 Å². The number of amides is 1. The van der Waals surface area contributed by atoms with Crippen molar-refractivity contribution in [1.82, 2.24) is 5.43 Å². The monoisotopic (exact) mass is 277 g/mol. The molecule has 0 bridgehead atoms. The molecule has 0 saturated heterocycles. The first-order valence-electron chi connectivity index (χ1n) is 6.70.